The van der Waals surface area contributed by atoms with Crippen molar-refractivity contribution in [1.29, 1.82) is 5.26 Å². The van der Waals surface area contributed by atoms with Crippen molar-refractivity contribution in [3.63, 3.8) is 0 Å². The molecule has 0 atom stereocenters. The molecule has 13 aromatic carbocycles. The van der Waals surface area contributed by atoms with Crippen molar-refractivity contribution >= 4 is 97.9 Å². The first-order chi connectivity index (χ1) is 64.9. The van der Waals surface area contributed by atoms with Crippen LogP contribution >= 0.6 is 0 Å². The lowest BCUT2D eigenvalue weighted by Crippen LogP contribution is -1.98. The number of aromatic nitrogens is 12. The summed E-state index contributed by atoms with van der Waals surface area (Å²) < 4.78 is 6.74. The normalized spacial score (nSPS) is 11.4. The number of pyridine rings is 9. The minimum atomic E-state index is 0.560. The van der Waals surface area contributed by atoms with E-state index in [1.165, 1.54) is 54.2 Å². The van der Waals surface area contributed by atoms with Crippen LogP contribution in [0.4, 0.5) is 0 Å². The predicted molar refractivity (Wildman–Crippen MR) is 534 cm³/mol. The maximum atomic E-state index is 10.1. The number of nitriles is 1. The zero-order valence-corrected chi connectivity index (χ0v) is 70.6. The molecular weight excluding hydrogens is 1600 g/mol. The number of hydrogen-bond acceptors (Lipinski definition) is 10. The van der Waals surface area contributed by atoms with Gasteiger partial charge in [0.15, 0.2) is 0 Å². The average Bonchev–Trinajstić information content (AvgIpc) is 1.76. The summed E-state index contributed by atoms with van der Waals surface area (Å²) in [5, 5.41) is 24.3. The van der Waals surface area contributed by atoms with Gasteiger partial charge in [0.1, 0.15) is 5.65 Å². The van der Waals surface area contributed by atoms with E-state index in [2.05, 4.69) is 349 Å². The van der Waals surface area contributed by atoms with Gasteiger partial charge in [-0.25, -0.2) is 19.9 Å². The molecule has 13 heteroatoms. The third-order valence-corrected chi connectivity index (χ3v) is 24.6. The summed E-state index contributed by atoms with van der Waals surface area (Å²) in [7, 11) is 0. The van der Waals surface area contributed by atoms with Crippen LogP contribution in [0.3, 0.4) is 0 Å². The molecule has 12 aromatic heterocycles. The largest absolute Gasteiger partial charge is 0.309 e. The van der Waals surface area contributed by atoms with E-state index in [4.69, 9.17) is 24.9 Å². The van der Waals surface area contributed by atoms with Crippen molar-refractivity contribution in [1.82, 2.24) is 58.6 Å². The molecule has 0 saturated carbocycles. The van der Waals surface area contributed by atoms with Crippen molar-refractivity contribution in [2.75, 3.05) is 0 Å². The van der Waals surface area contributed by atoms with Crippen LogP contribution in [0.5, 0.6) is 0 Å². The van der Waals surface area contributed by atoms with Crippen LogP contribution < -0.4 is 0 Å². The smallest absolute Gasteiger partial charge is 0.145 e. The summed E-state index contributed by atoms with van der Waals surface area (Å²) >= 11 is 0. The van der Waals surface area contributed by atoms with Crippen molar-refractivity contribution in [2.24, 2.45) is 0 Å². The topological polar surface area (TPSA) is 155 Å². The van der Waals surface area contributed by atoms with Crippen LogP contribution in [-0.4, -0.2) is 58.6 Å². The molecule has 0 radical (unpaired) electrons. The molecule has 0 fully saturated rings. The summed E-state index contributed by atoms with van der Waals surface area (Å²) in [6.07, 6.45) is 14.9. The van der Waals surface area contributed by atoms with Crippen LogP contribution in [-0.2, 0) is 0 Å². The lowest BCUT2D eigenvalue weighted by molar-refractivity contribution is 1.13. The zero-order chi connectivity index (χ0) is 87.1. The molecule has 0 unspecified atom stereocenters. The molecule has 0 aliphatic heterocycles. The molecule has 0 aliphatic carbocycles. The molecule has 25 aromatic rings. The maximum absolute atomic E-state index is 10.1. The maximum Gasteiger partial charge on any atom is 0.145 e. The molecule has 25 rings (SSSR count). The number of para-hydroxylation sites is 3. The van der Waals surface area contributed by atoms with E-state index in [9.17, 15) is 5.26 Å². The quantitative estimate of drug-likeness (QED) is 0.102. The zero-order valence-electron chi connectivity index (χ0n) is 70.6. The van der Waals surface area contributed by atoms with Crippen LogP contribution in [0, 0.1) is 11.3 Å². The standard InChI is InChI=1S/C47H30N4.C38H23N5.C33H22N4/c1-2-11-31(12-3-1)34-22-25-43(49-30-34)45-29-35(42-27-33-13-4-5-14-37(33)38-15-6-7-16-39(38)42)28-44(50-45)32-20-23-36(24-21-32)51-46-19-9-8-17-40(46)41-18-10-26-48-47(41)51;39-23-25-17-30(20-31(18-25)43-37-11-4-3-9-32(37)33-24-40-16-14-38(33)43)35-21-29(22-36(42-35)34-10-5-6-15-41-34)28-13-12-26-7-1-2-8-27(26)19-28;1-2-8-24(9-3-1)30-20-25(21-31(36-30)29-11-6-7-18-35-29)23-13-15-26(16-14-23)37-32-12-5-4-10-27(32)28-22-34-19-17-33(28)37/h1-30H;1-22,24H;1-22H. The fourth-order valence-corrected chi connectivity index (χ4v) is 18.3. The summed E-state index contributed by atoms with van der Waals surface area (Å²) in [4.78, 5) is 42.9. The van der Waals surface area contributed by atoms with Crippen LogP contribution in [0.15, 0.2) is 456 Å². The Bertz CT molecular complexity index is 8490. The minimum absolute atomic E-state index is 0.560. The number of nitrogens with zero attached hydrogens (tertiary/aromatic N) is 13. The number of hydrogen-bond donors (Lipinski definition) is 0. The van der Waals surface area contributed by atoms with Gasteiger partial charge in [0.05, 0.1) is 90.5 Å². The molecule has 13 nitrogen and oxygen atoms in total. The highest BCUT2D eigenvalue weighted by atomic mass is 15.0. The molecule has 0 bridgehead atoms. The lowest BCUT2D eigenvalue weighted by atomic mass is 9.92. The van der Waals surface area contributed by atoms with E-state index in [-0.39, 0.29) is 0 Å². The van der Waals surface area contributed by atoms with E-state index < -0.39 is 0 Å². The Morgan fingerprint density at radius 3 is 1.24 bits per heavy atom. The second-order valence-electron chi connectivity index (χ2n) is 32.4. The first-order valence-corrected chi connectivity index (χ1v) is 43.5. The minimum Gasteiger partial charge on any atom is -0.309 e. The Morgan fingerprint density at radius 1 is 0.198 bits per heavy atom. The van der Waals surface area contributed by atoms with Gasteiger partial charge in [0, 0.05) is 121 Å². The molecule has 131 heavy (non-hydrogen) atoms. The van der Waals surface area contributed by atoms with Crippen molar-refractivity contribution in [3.8, 4) is 136 Å². The molecule has 0 aliphatic rings. The Balaban J connectivity index is 0.000000113. The average molecular weight is 1670 g/mol. The third kappa shape index (κ3) is 14.8. The molecular formula is C118H75N13. The van der Waals surface area contributed by atoms with Gasteiger partial charge in [-0.1, -0.05) is 243 Å². The lowest BCUT2D eigenvalue weighted by Gasteiger charge is -2.14. The van der Waals surface area contributed by atoms with Gasteiger partial charge < -0.3 is 9.13 Å². The Morgan fingerprint density at radius 2 is 0.634 bits per heavy atom. The SMILES string of the molecule is N#Cc1cc(-c2cc(-c3ccc4ccccc4c3)cc(-c3ccccn3)n2)cc(-n2c3ccccc3c3cnccc32)c1.c1ccc(-c2cc(-c3ccc(-n4c5ccccc5c5cnccc54)cc3)cc(-c3ccccn3)n2)cc1.c1ccc(-c2ccc(-c3cc(-c4cc5ccccc5c5ccccc45)cc(-c4ccc(-n5c6ccccc6c6cccnc65)cc4)n3)nc2)cc1. The second kappa shape index (κ2) is 33.7. The van der Waals surface area contributed by atoms with Crippen molar-refractivity contribution < 1.29 is 0 Å². The predicted octanol–water partition coefficient (Wildman–Crippen LogP) is 28.9. The molecule has 12 heterocycles. The van der Waals surface area contributed by atoms with Crippen molar-refractivity contribution in [3.05, 3.63) is 462 Å². The van der Waals surface area contributed by atoms with E-state index >= 15 is 0 Å². The Labute approximate surface area is 753 Å². The first kappa shape index (κ1) is 77.7. The molecule has 0 N–H and O–H groups in total. The van der Waals surface area contributed by atoms with Gasteiger partial charge in [-0.15, -0.1) is 0 Å². The van der Waals surface area contributed by atoms with Gasteiger partial charge in [-0.3, -0.25) is 29.5 Å². The molecule has 612 valence electrons. The highest BCUT2D eigenvalue weighted by molar-refractivity contribution is 6.15. The van der Waals surface area contributed by atoms with Crippen LogP contribution in [0.1, 0.15) is 5.56 Å². The van der Waals surface area contributed by atoms with Gasteiger partial charge in [0.25, 0.3) is 0 Å². The second-order valence-corrected chi connectivity index (χ2v) is 32.4. The van der Waals surface area contributed by atoms with Gasteiger partial charge in [0.2, 0.25) is 0 Å². The number of benzene rings is 13. The molecule has 0 amide bonds. The van der Waals surface area contributed by atoms with Gasteiger partial charge in [-0.2, -0.15) is 5.26 Å². The van der Waals surface area contributed by atoms with Gasteiger partial charge in [-0.05, 0) is 235 Å². The van der Waals surface area contributed by atoms with E-state index in [1.54, 1.807) is 12.4 Å². The van der Waals surface area contributed by atoms with Gasteiger partial charge >= 0.3 is 0 Å². The fraction of sp³-hybridized carbons (Fsp3) is 0. The van der Waals surface area contributed by atoms with Crippen LogP contribution in [0.2, 0.25) is 0 Å². The number of rotatable bonds is 13. The first-order valence-electron chi connectivity index (χ1n) is 43.5. The number of fused-ring (bicyclic) bond motifs is 13. The molecule has 0 saturated heterocycles. The summed E-state index contributed by atoms with van der Waals surface area (Å²) in [5.41, 5.74) is 29.4. The highest BCUT2D eigenvalue weighted by Crippen LogP contribution is 2.43. The van der Waals surface area contributed by atoms with E-state index in [0.717, 1.165) is 173 Å². The Kier molecular flexibility index (Phi) is 20.0. The Hall–Kier alpha value is -18.1. The summed E-state index contributed by atoms with van der Waals surface area (Å²) in [5.74, 6) is 0. The summed E-state index contributed by atoms with van der Waals surface area (Å²) in [6, 6.07) is 143. The van der Waals surface area contributed by atoms with Crippen molar-refractivity contribution in [2.45, 2.75) is 0 Å². The van der Waals surface area contributed by atoms with E-state index in [0.29, 0.717) is 5.56 Å². The van der Waals surface area contributed by atoms with Crippen LogP contribution in [0.25, 0.3) is 227 Å². The summed E-state index contributed by atoms with van der Waals surface area (Å²) in [6.45, 7) is 0. The fourth-order valence-electron chi connectivity index (χ4n) is 18.3. The third-order valence-electron chi connectivity index (χ3n) is 24.6. The highest BCUT2D eigenvalue weighted by Gasteiger charge is 2.22. The monoisotopic (exact) mass is 1670 g/mol. The van der Waals surface area contributed by atoms with E-state index in [1.807, 2.05) is 134 Å². The molecule has 0 spiro atoms.